The van der Waals surface area contributed by atoms with E-state index in [1.807, 2.05) is 45.0 Å². The van der Waals surface area contributed by atoms with Gasteiger partial charge in [-0.1, -0.05) is 18.2 Å². The van der Waals surface area contributed by atoms with Gasteiger partial charge in [-0.2, -0.15) is 0 Å². The number of hydrogen-bond acceptors (Lipinski definition) is 4. The molecule has 0 aliphatic rings. The molecule has 2 N–H and O–H groups in total. The van der Waals surface area contributed by atoms with E-state index in [1.165, 1.54) is 0 Å². The Morgan fingerprint density at radius 2 is 1.96 bits per heavy atom. The average molecular weight is 313 g/mol. The molecule has 5 nitrogen and oxygen atoms in total. The lowest BCUT2D eigenvalue weighted by molar-refractivity contribution is 0.0919. The number of nitrogens with zero attached hydrogens (tertiary/aromatic N) is 1. The minimum absolute atomic E-state index is 0.133. The molecule has 1 aromatic carbocycles. The molecule has 5 heteroatoms. The number of nitrogens with one attached hydrogen (secondary N) is 2. The van der Waals surface area contributed by atoms with Gasteiger partial charge in [0.1, 0.15) is 5.75 Å². The maximum atomic E-state index is 12.2. The van der Waals surface area contributed by atoms with E-state index in [-0.39, 0.29) is 11.4 Å². The molecule has 0 saturated carbocycles. The van der Waals surface area contributed by atoms with Crippen molar-refractivity contribution in [2.75, 3.05) is 12.4 Å². The van der Waals surface area contributed by atoms with Gasteiger partial charge in [-0.3, -0.25) is 9.78 Å². The fourth-order valence-electron chi connectivity index (χ4n) is 2.12. The van der Waals surface area contributed by atoms with Crippen molar-refractivity contribution >= 4 is 11.6 Å². The Kier molecular flexibility index (Phi) is 5.21. The molecule has 0 spiro atoms. The molecular weight excluding hydrogens is 290 g/mol. The first-order chi connectivity index (χ1) is 10.9. The summed E-state index contributed by atoms with van der Waals surface area (Å²) in [7, 11) is 1.65. The third-order valence-electron chi connectivity index (χ3n) is 3.16. The summed E-state index contributed by atoms with van der Waals surface area (Å²) in [5, 5.41) is 6.20. The molecule has 2 aromatic rings. The van der Waals surface area contributed by atoms with Gasteiger partial charge in [0.2, 0.25) is 0 Å². The van der Waals surface area contributed by atoms with Crippen LogP contribution in [0.1, 0.15) is 36.7 Å². The van der Waals surface area contributed by atoms with Crippen LogP contribution in [0.3, 0.4) is 0 Å². The number of ether oxygens (including phenoxy) is 1. The number of amides is 1. The van der Waals surface area contributed by atoms with Gasteiger partial charge >= 0.3 is 0 Å². The first-order valence-corrected chi connectivity index (χ1v) is 7.52. The molecule has 1 aromatic heterocycles. The van der Waals surface area contributed by atoms with Crippen molar-refractivity contribution in [3.8, 4) is 5.75 Å². The van der Waals surface area contributed by atoms with Gasteiger partial charge < -0.3 is 15.4 Å². The number of carbonyl (C=O) groups excluding carboxylic acids is 1. The molecule has 1 heterocycles. The molecule has 2 rings (SSSR count). The fraction of sp³-hybridized carbons (Fsp3) is 0.333. The standard InChI is InChI=1S/C18H23N3O2/c1-18(2,3)21-17(22)14-9-15(12-19-10-14)20-11-13-7-5-6-8-16(13)23-4/h5-10,12,20H,11H2,1-4H3,(H,21,22). The minimum Gasteiger partial charge on any atom is -0.496 e. The number of anilines is 1. The number of aromatic nitrogens is 1. The van der Waals surface area contributed by atoms with Crippen molar-refractivity contribution in [2.45, 2.75) is 32.9 Å². The number of rotatable bonds is 5. The third-order valence-corrected chi connectivity index (χ3v) is 3.16. The Labute approximate surface area is 137 Å². The molecule has 1 amide bonds. The Balaban J connectivity index is 2.07. The van der Waals surface area contributed by atoms with Crippen molar-refractivity contribution in [3.05, 3.63) is 53.9 Å². The van der Waals surface area contributed by atoms with Crippen LogP contribution in [0.2, 0.25) is 0 Å². The predicted molar refractivity (Wildman–Crippen MR) is 91.8 cm³/mol. The lowest BCUT2D eigenvalue weighted by Gasteiger charge is -2.20. The Hall–Kier alpha value is -2.56. The second-order valence-corrected chi connectivity index (χ2v) is 6.33. The molecule has 0 bridgehead atoms. The van der Waals surface area contributed by atoms with Crippen LogP contribution in [-0.4, -0.2) is 23.5 Å². The first-order valence-electron chi connectivity index (χ1n) is 7.52. The molecule has 0 saturated heterocycles. The normalized spacial score (nSPS) is 11.0. The zero-order valence-corrected chi connectivity index (χ0v) is 14.0. The van der Waals surface area contributed by atoms with Crippen LogP contribution in [0.15, 0.2) is 42.7 Å². The summed E-state index contributed by atoms with van der Waals surface area (Å²) in [4.78, 5) is 16.3. The second kappa shape index (κ2) is 7.13. The van der Waals surface area contributed by atoms with E-state index in [0.29, 0.717) is 12.1 Å². The van der Waals surface area contributed by atoms with Gasteiger partial charge in [-0.25, -0.2) is 0 Å². The van der Waals surface area contributed by atoms with Gasteiger partial charge in [0.15, 0.2) is 0 Å². The van der Waals surface area contributed by atoms with Gasteiger partial charge in [0.05, 0.1) is 18.4 Å². The molecule has 122 valence electrons. The van der Waals surface area contributed by atoms with Crippen molar-refractivity contribution < 1.29 is 9.53 Å². The van der Waals surface area contributed by atoms with Crippen LogP contribution < -0.4 is 15.4 Å². The zero-order chi connectivity index (χ0) is 16.9. The monoisotopic (exact) mass is 313 g/mol. The van der Waals surface area contributed by atoms with Gasteiger partial charge in [-0.15, -0.1) is 0 Å². The molecule has 0 unspecified atom stereocenters. The molecule has 0 aliphatic heterocycles. The Morgan fingerprint density at radius 1 is 1.22 bits per heavy atom. The number of benzene rings is 1. The van der Waals surface area contributed by atoms with E-state index in [9.17, 15) is 4.79 Å². The first kappa shape index (κ1) is 16.8. The lowest BCUT2D eigenvalue weighted by Crippen LogP contribution is -2.40. The highest BCUT2D eigenvalue weighted by atomic mass is 16.5. The average Bonchev–Trinajstić information content (AvgIpc) is 2.52. The Morgan fingerprint density at radius 3 is 2.65 bits per heavy atom. The number of para-hydroxylation sites is 1. The van der Waals surface area contributed by atoms with Crippen LogP contribution >= 0.6 is 0 Å². The van der Waals surface area contributed by atoms with Gasteiger partial charge in [0.25, 0.3) is 5.91 Å². The quantitative estimate of drug-likeness (QED) is 0.889. The van der Waals surface area contributed by atoms with E-state index in [0.717, 1.165) is 17.0 Å². The topological polar surface area (TPSA) is 63.2 Å². The fourth-order valence-corrected chi connectivity index (χ4v) is 2.12. The van der Waals surface area contributed by atoms with Crippen molar-refractivity contribution in [3.63, 3.8) is 0 Å². The van der Waals surface area contributed by atoms with Gasteiger partial charge in [-0.05, 0) is 32.9 Å². The molecule has 0 aliphatic carbocycles. The molecule has 0 atom stereocenters. The van der Waals surface area contributed by atoms with Crippen LogP contribution in [0.4, 0.5) is 5.69 Å². The van der Waals surface area contributed by atoms with E-state index < -0.39 is 0 Å². The smallest absolute Gasteiger partial charge is 0.253 e. The molecule has 0 fully saturated rings. The van der Waals surface area contributed by atoms with Crippen LogP contribution in [0.25, 0.3) is 0 Å². The number of hydrogen-bond donors (Lipinski definition) is 2. The number of carbonyl (C=O) groups is 1. The van der Waals surface area contributed by atoms with Crippen LogP contribution in [-0.2, 0) is 6.54 Å². The van der Waals surface area contributed by atoms with E-state index in [2.05, 4.69) is 15.6 Å². The maximum absolute atomic E-state index is 12.2. The summed E-state index contributed by atoms with van der Waals surface area (Å²) in [5.74, 6) is 0.695. The summed E-state index contributed by atoms with van der Waals surface area (Å²) in [6, 6.07) is 9.60. The maximum Gasteiger partial charge on any atom is 0.253 e. The SMILES string of the molecule is COc1ccccc1CNc1cncc(C(=O)NC(C)(C)C)c1. The van der Waals surface area contributed by atoms with Crippen molar-refractivity contribution in [1.29, 1.82) is 0 Å². The highest BCUT2D eigenvalue weighted by molar-refractivity contribution is 5.95. The van der Waals surface area contributed by atoms with E-state index >= 15 is 0 Å². The number of pyridine rings is 1. The second-order valence-electron chi connectivity index (χ2n) is 6.33. The summed E-state index contributed by atoms with van der Waals surface area (Å²) in [5.41, 5.74) is 2.08. The van der Waals surface area contributed by atoms with Crippen molar-refractivity contribution in [2.24, 2.45) is 0 Å². The van der Waals surface area contributed by atoms with Crippen LogP contribution in [0, 0.1) is 0 Å². The zero-order valence-electron chi connectivity index (χ0n) is 14.0. The van der Waals surface area contributed by atoms with Crippen molar-refractivity contribution in [1.82, 2.24) is 10.3 Å². The summed E-state index contributed by atoms with van der Waals surface area (Å²) in [6.07, 6.45) is 3.26. The Bertz CT molecular complexity index is 678. The highest BCUT2D eigenvalue weighted by Gasteiger charge is 2.15. The predicted octanol–water partition coefficient (Wildman–Crippen LogP) is 3.23. The lowest BCUT2D eigenvalue weighted by atomic mass is 10.1. The van der Waals surface area contributed by atoms with E-state index in [1.54, 1.807) is 25.6 Å². The summed E-state index contributed by atoms with van der Waals surface area (Å²) < 4.78 is 5.33. The summed E-state index contributed by atoms with van der Waals surface area (Å²) >= 11 is 0. The summed E-state index contributed by atoms with van der Waals surface area (Å²) in [6.45, 7) is 6.43. The number of methoxy groups -OCH3 is 1. The molecular formula is C18H23N3O2. The largest absolute Gasteiger partial charge is 0.496 e. The van der Waals surface area contributed by atoms with Gasteiger partial charge in [0, 0.05) is 30.0 Å². The highest BCUT2D eigenvalue weighted by Crippen LogP contribution is 2.19. The van der Waals surface area contributed by atoms with E-state index in [4.69, 9.17) is 4.74 Å². The minimum atomic E-state index is -0.280. The third kappa shape index (κ3) is 4.98. The molecule has 0 radical (unpaired) electrons. The van der Waals surface area contributed by atoms with Crippen LogP contribution in [0.5, 0.6) is 5.75 Å². The molecule has 23 heavy (non-hydrogen) atoms.